The minimum atomic E-state index is -4.17. The van der Waals surface area contributed by atoms with E-state index in [0.29, 0.717) is 23.0 Å². The third-order valence-electron chi connectivity index (χ3n) is 5.15. The summed E-state index contributed by atoms with van der Waals surface area (Å²) in [5.74, 6) is -0.461. The summed E-state index contributed by atoms with van der Waals surface area (Å²) in [5, 5.41) is 11.2. The first kappa shape index (κ1) is 22.3. The van der Waals surface area contributed by atoms with Gasteiger partial charge in [-0.25, -0.2) is 13.6 Å². The Labute approximate surface area is 181 Å². The number of halogens is 1. The highest BCUT2D eigenvalue weighted by molar-refractivity contribution is 7.89. The van der Waals surface area contributed by atoms with Gasteiger partial charge in [-0.05, 0) is 48.6 Å². The summed E-state index contributed by atoms with van der Waals surface area (Å²) >= 11 is 6.07. The van der Waals surface area contributed by atoms with E-state index in [0.717, 1.165) is 25.7 Å². The van der Waals surface area contributed by atoms with Crippen LogP contribution in [0.1, 0.15) is 41.6 Å². The van der Waals surface area contributed by atoms with E-state index in [1.54, 1.807) is 24.3 Å². The largest absolute Gasteiger partial charge is 0.352 e. The maximum Gasteiger partial charge on any atom is 0.252 e. The molecule has 0 aromatic heterocycles. The molecule has 0 spiro atoms. The fraction of sp³-hybridized carbons (Fsp3) is 0.333. The zero-order chi connectivity index (χ0) is 21.7. The first-order valence-electron chi connectivity index (χ1n) is 9.72. The number of sulfonamides is 1. The smallest absolute Gasteiger partial charge is 0.252 e. The monoisotopic (exact) mass is 449 g/mol. The summed E-state index contributed by atoms with van der Waals surface area (Å²) in [5.41, 5.74) is 0.828. The van der Waals surface area contributed by atoms with Crippen molar-refractivity contribution in [2.75, 3.05) is 11.9 Å². The zero-order valence-corrected chi connectivity index (χ0v) is 17.9. The number of benzene rings is 2. The van der Waals surface area contributed by atoms with Crippen molar-refractivity contribution in [2.24, 2.45) is 11.1 Å². The van der Waals surface area contributed by atoms with Gasteiger partial charge in [0.05, 0.1) is 16.9 Å². The maximum absolute atomic E-state index is 12.5. The number of primary sulfonamides is 1. The second-order valence-corrected chi connectivity index (χ2v) is 9.37. The molecule has 30 heavy (non-hydrogen) atoms. The molecule has 0 unspecified atom stereocenters. The molecule has 2 aromatic rings. The lowest BCUT2D eigenvalue weighted by atomic mass is 10.1. The molecule has 9 heteroatoms. The van der Waals surface area contributed by atoms with Crippen molar-refractivity contribution in [3.63, 3.8) is 0 Å². The van der Waals surface area contributed by atoms with E-state index in [-0.39, 0.29) is 28.5 Å². The van der Waals surface area contributed by atoms with E-state index in [1.165, 1.54) is 18.2 Å². The minimum absolute atomic E-state index is 0.0218. The molecular weight excluding hydrogens is 426 g/mol. The molecule has 3 rings (SSSR count). The third-order valence-corrected chi connectivity index (χ3v) is 6.47. The fourth-order valence-corrected chi connectivity index (χ4v) is 4.55. The Morgan fingerprint density at radius 1 is 1.10 bits per heavy atom. The van der Waals surface area contributed by atoms with Crippen LogP contribution < -0.4 is 15.8 Å². The van der Waals surface area contributed by atoms with Gasteiger partial charge in [-0.3, -0.25) is 9.59 Å². The van der Waals surface area contributed by atoms with Crippen LogP contribution in [0.3, 0.4) is 0 Å². The van der Waals surface area contributed by atoms with Crippen molar-refractivity contribution in [1.29, 1.82) is 0 Å². The molecule has 0 bridgehead atoms. The van der Waals surface area contributed by atoms with Gasteiger partial charge >= 0.3 is 0 Å². The Balaban J connectivity index is 1.74. The Morgan fingerprint density at radius 3 is 2.47 bits per heavy atom. The van der Waals surface area contributed by atoms with Crippen LogP contribution in [-0.2, 0) is 21.2 Å². The molecule has 1 fully saturated rings. The predicted molar refractivity (Wildman–Crippen MR) is 116 cm³/mol. The highest BCUT2D eigenvalue weighted by Crippen LogP contribution is 2.25. The van der Waals surface area contributed by atoms with E-state index in [2.05, 4.69) is 10.6 Å². The lowest BCUT2D eigenvalue weighted by Gasteiger charge is -2.14. The predicted octanol–water partition coefficient (Wildman–Crippen LogP) is 3.09. The van der Waals surface area contributed by atoms with Gasteiger partial charge in [0.15, 0.2) is 0 Å². The van der Waals surface area contributed by atoms with E-state index in [4.69, 9.17) is 16.7 Å². The molecule has 7 nitrogen and oxygen atoms in total. The molecule has 0 saturated heterocycles. The number of nitrogens with two attached hydrogens (primary N) is 1. The molecule has 0 aliphatic heterocycles. The highest BCUT2D eigenvalue weighted by Gasteiger charge is 2.22. The molecule has 160 valence electrons. The molecular formula is C21H24ClN3O4S. The van der Waals surface area contributed by atoms with Crippen LogP contribution in [0.4, 0.5) is 5.69 Å². The lowest BCUT2D eigenvalue weighted by molar-refractivity contribution is -0.115. The Bertz CT molecular complexity index is 1050. The van der Waals surface area contributed by atoms with Crippen LogP contribution in [0.15, 0.2) is 47.4 Å². The van der Waals surface area contributed by atoms with Crippen molar-refractivity contribution in [2.45, 2.75) is 37.0 Å². The number of rotatable bonds is 7. The van der Waals surface area contributed by atoms with Crippen molar-refractivity contribution >= 4 is 39.1 Å². The van der Waals surface area contributed by atoms with Crippen molar-refractivity contribution < 1.29 is 18.0 Å². The Kier molecular flexibility index (Phi) is 7.12. The Morgan fingerprint density at radius 2 is 1.80 bits per heavy atom. The molecule has 0 atom stereocenters. The average Bonchev–Trinajstić information content (AvgIpc) is 3.21. The van der Waals surface area contributed by atoms with Crippen LogP contribution in [0.25, 0.3) is 0 Å². The van der Waals surface area contributed by atoms with Gasteiger partial charge in [-0.1, -0.05) is 42.6 Å². The van der Waals surface area contributed by atoms with Gasteiger partial charge in [0, 0.05) is 17.3 Å². The minimum Gasteiger partial charge on any atom is -0.352 e. The number of nitrogens with one attached hydrogen (secondary N) is 2. The van der Waals surface area contributed by atoms with Gasteiger partial charge in [-0.2, -0.15) is 0 Å². The first-order valence-corrected chi connectivity index (χ1v) is 11.6. The van der Waals surface area contributed by atoms with Crippen LogP contribution in [0.2, 0.25) is 5.02 Å². The number of hydrogen-bond donors (Lipinski definition) is 3. The van der Waals surface area contributed by atoms with Crippen LogP contribution in [0.5, 0.6) is 0 Å². The van der Waals surface area contributed by atoms with Gasteiger partial charge in [0.2, 0.25) is 15.9 Å². The fourth-order valence-electron chi connectivity index (χ4n) is 3.59. The Hall–Kier alpha value is -2.42. The van der Waals surface area contributed by atoms with E-state index in [1.807, 2.05) is 0 Å². The topological polar surface area (TPSA) is 118 Å². The molecule has 1 aliphatic carbocycles. The molecule has 4 N–H and O–H groups in total. The van der Waals surface area contributed by atoms with Gasteiger partial charge in [0.1, 0.15) is 0 Å². The first-order chi connectivity index (χ1) is 14.2. The average molecular weight is 450 g/mol. The van der Waals surface area contributed by atoms with Crippen molar-refractivity contribution in [1.82, 2.24) is 5.32 Å². The van der Waals surface area contributed by atoms with Crippen LogP contribution in [0, 0.1) is 5.92 Å². The summed E-state index contributed by atoms with van der Waals surface area (Å²) in [7, 11) is -4.17. The standard InChI is InChI=1S/C21H24ClN3O4S/c22-18-8-4-3-7-15(18)11-20(26)25-16-9-10-17(19(12-16)30(23,28)29)21(27)24-13-14-5-1-2-6-14/h3-4,7-10,12,14H,1-2,5-6,11,13H2,(H,24,27)(H,25,26)(H2,23,28,29). The summed E-state index contributed by atoms with van der Waals surface area (Å²) < 4.78 is 24.1. The maximum atomic E-state index is 12.5. The van der Waals surface area contributed by atoms with Crippen molar-refractivity contribution in [3.8, 4) is 0 Å². The summed E-state index contributed by atoms with van der Waals surface area (Å²) in [6, 6.07) is 11.0. The number of carbonyl (C=O) groups excluding carboxylic acids is 2. The van der Waals surface area contributed by atoms with E-state index >= 15 is 0 Å². The number of anilines is 1. The lowest BCUT2D eigenvalue weighted by Crippen LogP contribution is -2.30. The van der Waals surface area contributed by atoms with E-state index < -0.39 is 15.9 Å². The molecule has 0 radical (unpaired) electrons. The van der Waals surface area contributed by atoms with Gasteiger partial charge in [-0.15, -0.1) is 0 Å². The van der Waals surface area contributed by atoms with Crippen molar-refractivity contribution in [3.05, 3.63) is 58.6 Å². The summed E-state index contributed by atoms with van der Waals surface area (Å²) in [6.45, 7) is 0.499. The molecule has 2 amide bonds. The third kappa shape index (κ3) is 5.81. The molecule has 1 aliphatic rings. The second kappa shape index (κ2) is 9.59. The number of amides is 2. The molecule has 1 saturated carbocycles. The van der Waals surface area contributed by atoms with Crippen LogP contribution >= 0.6 is 11.6 Å². The zero-order valence-electron chi connectivity index (χ0n) is 16.4. The normalized spacial score (nSPS) is 14.5. The van der Waals surface area contributed by atoms with E-state index in [9.17, 15) is 18.0 Å². The van der Waals surface area contributed by atoms with Gasteiger partial charge < -0.3 is 10.6 Å². The quantitative estimate of drug-likeness (QED) is 0.601. The highest BCUT2D eigenvalue weighted by atomic mass is 35.5. The number of carbonyl (C=O) groups is 2. The number of hydrogen-bond acceptors (Lipinski definition) is 4. The van der Waals surface area contributed by atoms with Gasteiger partial charge in [0.25, 0.3) is 5.91 Å². The molecule has 0 heterocycles. The van der Waals surface area contributed by atoms with Crippen LogP contribution in [-0.4, -0.2) is 26.8 Å². The summed E-state index contributed by atoms with van der Waals surface area (Å²) in [6.07, 6.45) is 4.42. The SMILES string of the molecule is NS(=O)(=O)c1cc(NC(=O)Cc2ccccc2Cl)ccc1C(=O)NCC1CCCC1. The second-order valence-electron chi connectivity index (χ2n) is 7.43. The molecule has 2 aromatic carbocycles. The summed E-state index contributed by atoms with van der Waals surface area (Å²) in [4.78, 5) is 24.6.